The van der Waals surface area contributed by atoms with E-state index in [0.717, 1.165) is 59.2 Å². The minimum absolute atomic E-state index is 0.00797. The Balaban J connectivity index is 1.16. The molecule has 0 aromatic heterocycles. The fourth-order valence-corrected chi connectivity index (χ4v) is 5.71. The average Bonchev–Trinajstić information content (AvgIpc) is 3.17. The molecule has 3 N–H and O–H groups in total. The van der Waals surface area contributed by atoms with E-state index in [0.29, 0.717) is 18.5 Å². The molecule has 5 rings (SSSR count). The van der Waals surface area contributed by atoms with Gasteiger partial charge in [-0.05, 0) is 66.6 Å². The van der Waals surface area contributed by atoms with Crippen molar-refractivity contribution in [1.82, 2.24) is 10.6 Å². The van der Waals surface area contributed by atoms with E-state index in [1.165, 1.54) is 0 Å². The highest BCUT2D eigenvalue weighted by Gasteiger charge is 2.40. The smallest absolute Gasteiger partial charge is 0.259 e. The van der Waals surface area contributed by atoms with Crippen LogP contribution in [0.3, 0.4) is 0 Å². The lowest BCUT2D eigenvalue weighted by atomic mass is 9.97. The summed E-state index contributed by atoms with van der Waals surface area (Å²) in [6.07, 6.45) is 2.28. The summed E-state index contributed by atoms with van der Waals surface area (Å²) < 4.78 is 21.8. The van der Waals surface area contributed by atoms with Gasteiger partial charge in [0.05, 0.1) is 5.69 Å². The number of piperidine rings is 1. The molecule has 0 bridgehead atoms. The van der Waals surface area contributed by atoms with Crippen molar-refractivity contribution in [2.45, 2.75) is 37.5 Å². The molecule has 198 valence electrons. The second-order valence-corrected chi connectivity index (χ2v) is 10.4. The van der Waals surface area contributed by atoms with Crippen LogP contribution in [-0.2, 0) is 32.8 Å². The maximum atomic E-state index is 13.3. The molecule has 1 fully saturated rings. The predicted molar refractivity (Wildman–Crippen MR) is 146 cm³/mol. The second-order valence-electron chi connectivity index (χ2n) is 9.54. The number of hydrogen-bond donors (Lipinski definition) is 3. The molecule has 0 spiro atoms. The van der Waals surface area contributed by atoms with Gasteiger partial charge in [-0.25, -0.2) is 0 Å². The third-order valence-corrected chi connectivity index (χ3v) is 7.55. The van der Waals surface area contributed by atoms with E-state index in [4.69, 9.17) is 0 Å². The van der Waals surface area contributed by atoms with E-state index in [1.807, 2.05) is 42.5 Å². The predicted octanol–water partition coefficient (Wildman–Crippen LogP) is 2.62. The van der Waals surface area contributed by atoms with Crippen LogP contribution in [0.25, 0.3) is 10.8 Å². The zero-order valence-corrected chi connectivity index (χ0v) is 21.6. The summed E-state index contributed by atoms with van der Waals surface area (Å²) in [5.41, 5.74) is 4.12. The molecular formula is C28H29N4O5S-. The van der Waals surface area contributed by atoms with Crippen molar-refractivity contribution in [3.63, 3.8) is 0 Å². The Morgan fingerprint density at radius 1 is 1.03 bits per heavy atom. The number of nitrogens with one attached hydrogen (secondary N) is 3. The molecule has 3 amide bonds. The van der Waals surface area contributed by atoms with Crippen LogP contribution in [-0.4, -0.2) is 52.2 Å². The highest BCUT2D eigenvalue weighted by Crippen LogP contribution is 2.41. The van der Waals surface area contributed by atoms with Crippen molar-refractivity contribution in [3.8, 4) is 0 Å². The first-order chi connectivity index (χ1) is 18.4. The molecule has 1 saturated heterocycles. The van der Waals surface area contributed by atoms with Gasteiger partial charge in [0.25, 0.3) is 5.91 Å². The Bertz CT molecular complexity index is 1430. The molecule has 0 aliphatic carbocycles. The number of nitrogens with zero attached hydrogens (tertiary/aromatic N) is 1. The van der Waals surface area contributed by atoms with Gasteiger partial charge in [-0.2, -0.15) is 0 Å². The monoisotopic (exact) mass is 533 g/mol. The summed E-state index contributed by atoms with van der Waals surface area (Å²) in [6, 6.07) is 16.4. The molecule has 2 atom stereocenters. The van der Waals surface area contributed by atoms with Crippen molar-refractivity contribution >= 4 is 50.9 Å². The first-order valence-electron chi connectivity index (χ1n) is 12.7. The van der Waals surface area contributed by atoms with Gasteiger partial charge in [0, 0.05) is 41.9 Å². The number of benzene rings is 3. The maximum absolute atomic E-state index is 13.3. The number of anilines is 2. The highest BCUT2D eigenvalue weighted by atomic mass is 32.2. The molecule has 3 aromatic carbocycles. The summed E-state index contributed by atoms with van der Waals surface area (Å²) >= 11 is -2.10. The number of rotatable bonds is 11. The molecule has 9 nitrogen and oxygen atoms in total. The van der Waals surface area contributed by atoms with Crippen molar-refractivity contribution in [2.24, 2.45) is 0 Å². The number of carbonyl (C=O) groups excluding carboxylic acids is 3. The van der Waals surface area contributed by atoms with Crippen LogP contribution in [0.2, 0.25) is 0 Å². The summed E-state index contributed by atoms with van der Waals surface area (Å²) in [7, 11) is 0. The number of hydrogen-bond acceptors (Lipinski definition) is 7. The molecule has 2 unspecified atom stereocenters. The van der Waals surface area contributed by atoms with E-state index < -0.39 is 23.0 Å². The number of amides is 3. The number of aryl methyl sites for hydroxylation is 1. The van der Waals surface area contributed by atoms with Gasteiger partial charge in [0.1, 0.15) is 6.04 Å². The first kappa shape index (κ1) is 26.0. The molecule has 2 aliphatic rings. The van der Waals surface area contributed by atoms with Crippen LogP contribution in [0.5, 0.6) is 0 Å². The van der Waals surface area contributed by atoms with E-state index in [9.17, 15) is 23.1 Å². The first-order valence-corrected chi connectivity index (χ1v) is 14.0. The molecule has 0 saturated carbocycles. The normalized spacial score (nSPS) is 17.7. The van der Waals surface area contributed by atoms with Crippen LogP contribution >= 0.6 is 0 Å². The van der Waals surface area contributed by atoms with Crippen molar-refractivity contribution in [2.75, 3.05) is 29.9 Å². The zero-order valence-electron chi connectivity index (χ0n) is 20.8. The quantitative estimate of drug-likeness (QED) is 0.196. The van der Waals surface area contributed by atoms with Gasteiger partial charge in [-0.1, -0.05) is 41.4 Å². The number of carbonyl (C=O) groups is 3. The summed E-state index contributed by atoms with van der Waals surface area (Å²) in [4.78, 5) is 38.9. The third-order valence-electron chi connectivity index (χ3n) is 6.98. The highest BCUT2D eigenvalue weighted by molar-refractivity contribution is 7.78. The maximum Gasteiger partial charge on any atom is 0.259 e. The molecule has 10 heteroatoms. The van der Waals surface area contributed by atoms with Gasteiger partial charge in [0.2, 0.25) is 11.8 Å². The fraction of sp³-hybridized carbons (Fsp3) is 0.321. The zero-order chi connectivity index (χ0) is 26.6. The minimum Gasteiger partial charge on any atom is -0.772 e. The molecule has 0 radical (unpaired) electrons. The van der Waals surface area contributed by atoms with Crippen molar-refractivity contribution in [1.29, 1.82) is 0 Å². The lowest BCUT2D eigenvalue weighted by Gasteiger charge is -2.30. The molecule has 38 heavy (non-hydrogen) atoms. The fourth-order valence-electron chi connectivity index (χ4n) is 5.25. The van der Waals surface area contributed by atoms with Gasteiger partial charge in [-0.15, -0.1) is 0 Å². The Morgan fingerprint density at radius 3 is 2.68 bits per heavy atom. The molecule has 2 heterocycles. The summed E-state index contributed by atoms with van der Waals surface area (Å²) in [5, 5.41) is 11.0. The summed E-state index contributed by atoms with van der Waals surface area (Å²) in [5.74, 6) is -0.914. The molecule has 2 aliphatic heterocycles. The van der Waals surface area contributed by atoms with Crippen molar-refractivity contribution < 1.29 is 23.1 Å². The van der Waals surface area contributed by atoms with Crippen molar-refractivity contribution in [3.05, 3.63) is 71.3 Å². The Morgan fingerprint density at radius 2 is 1.87 bits per heavy atom. The third kappa shape index (κ3) is 5.47. The number of imide groups is 1. The molecule has 3 aromatic rings. The largest absolute Gasteiger partial charge is 0.772 e. The van der Waals surface area contributed by atoms with E-state index in [1.54, 1.807) is 17.0 Å². The van der Waals surface area contributed by atoms with E-state index in [2.05, 4.69) is 16.0 Å². The SMILES string of the molecule is O=C1CCC(N2C(=O)c3cccc4c(CCCNCCNc5cccc(CS(=O)[O-])c5)ccc2c34)C(=O)N1. The Kier molecular flexibility index (Phi) is 7.82. The van der Waals surface area contributed by atoms with E-state index >= 15 is 0 Å². The summed E-state index contributed by atoms with van der Waals surface area (Å²) in [6.45, 7) is 2.29. The second kappa shape index (κ2) is 11.4. The Hall–Kier alpha value is -3.60. The average molecular weight is 534 g/mol. The van der Waals surface area contributed by atoms with Crippen LogP contribution in [0.1, 0.15) is 40.7 Å². The van der Waals surface area contributed by atoms with Crippen LogP contribution in [0, 0.1) is 0 Å². The van der Waals surface area contributed by atoms with Crippen LogP contribution in [0.15, 0.2) is 54.6 Å². The topological polar surface area (TPSA) is 131 Å². The molecular weight excluding hydrogens is 504 g/mol. The van der Waals surface area contributed by atoms with Crippen LogP contribution < -0.4 is 20.9 Å². The Labute approximate surface area is 223 Å². The standard InChI is InChI=1S/C28H30N4O5S/c33-25-12-11-24(27(34)31-25)32-23-10-9-19(21-7-2-8-22(26(21)23)28(32)35)5-3-13-29-14-15-30-20-6-1-4-18(16-20)17-38(36)37/h1-2,4,6-10,16,24,29-30H,3,5,11-15,17H2,(H,36,37)(H,31,33,34)/p-1. The van der Waals surface area contributed by atoms with E-state index in [-0.39, 0.29) is 24.0 Å². The lowest BCUT2D eigenvalue weighted by Crippen LogP contribution is -2.53. The van der Waals surface area contributed by atoms with Crippen LogP contribution in [0.4, 0.5) is 11.4 Å². The van der Waals surface area contributed by atoms with Gasteiger partial charge in [0.15, 0.2) is 0 Å². The van der Waals surface area contributed by atoms with Gasteiger partial charge >= 0.3 is 0 Å². The lowest BCUT2D eigenvalue weighted by molar-refractivity contribution is -0.134. The van der Waals surface area contributed by atoms with Gasteiger partial charge in [-0.3, -0.25) is 28.8 Å². The minimum atomic E-state index is -2.10. The van der Waals surface area contributed by atoms with Gasteiger partial charge < -0.3 is 15.2 Å².